The molecule has 0 amide bonds. The van der Waals surface area contributed by atoms with Crippen molar-refractivity contribution >= 4 is 0 Å². The van der Waals surface area contributed by atoms with Gasteiger partial charge < -0.3 is 5.73 Å². The molecule has 5 heteroatoms. The van der Waals surface area contributed by atoms with Crippen LogP contribution in [0.1, 0.15) is 12.5 Å². The molecule has 0 radical (unpaired) electrons. The summed E-state index contributed by atoms with van der Waals surface area (Å²) in [5, 5.41) is 0. The summed E-state index contributed by atoms with van der Waals surface area (Å²) in [6, 6.07) is 2.51. The lowest BCUT2D eigenvalue weighted by Gasteiger charge is -2.27. The second kappa shape index (κ2) is 2.99. The zero-order chi connectivity index (χ0) is 10.1. The molecular weight excluding hydrogens is 181 g/mol. The van der Waals surface area contributed by atoms with E-state index in [0.717, 1.165) is 6.92 Å². The van der Waals surface area contributed by atoms with Crippen LogP contribution in [0.25, 0.3) is 0 Å². The van der Waals surface area contributed by atoms with Crippen LogP contribution in [0, 0.1) is 0 Å². The minimum atomic E-state index is -4.45. The Morgan fingerprint density at radius 2 is 1.69 bits per heavy atom. The van der Waals surface area contributed by atoms with Crippen LogP contribution in [-0.2, 0) is 5.54 Å². The fourth-order valence-corrected chi connectivity index (χ4v) is 0.862. The monoisotopic (exact) mass is 190 g/mol. The third-order valence-electron chi connectivity index (χ3n) is 1.87. The molecule has 0 bridgehead atoms. The maximum atomic E-state index is 12.4. The van der Waals surface area contributed by atoms with Crippen molar-refractivity contribution in [1.82, 2.24) is 4.98 Å². The summed E-state index contributed by atoms with van der Waals surface area (Å²) >= 11 is 0. The molecule has 0 aliphatic carbocycles. The number of nitrogens with zero attached hydrogens (tertiary/aromatic N) is 1. The van der Waals surface area contributed by atoms with Gasteiger partial charge in [0.05, 0.1) is 0 Å². The number of hydrogen-bond donors (Lipinski definition) is 1. The lowest BCUT2D eigenvalue weighted by atomic mass is 9.94. The first-order valence-electron chi connectivity index (χ1n) is 3.62. The third-order valence-corrected chi connectivity index (χ3v) is 1.87. The number of pyridine rings is 1. The fraction of sp³-hybridized carbons (Fsp3) is 0.375. The van der Waals surface area contributed by atoms with Gasteiger partial charge in [0.15, 0.2) is 0 Å². The molecule has 0 aromatic carbocycles. The largest absolute Gasteiger partial charge is 0.410 e. The van der Waals surface area contributed by atoms with E-state index in [9.17, 15) is 13.2 Å². The summed E-state index contributed by atoms with van der Waals surface area (Å²) in [6.45, 7) is 0.933. The summed E-state index contributed by atoms with van der Waals surface area (Å²) in [6.07, 6.45) is -1.88. The lowest BCUT2D eigenvalue weighted by molar-refractivity contribution is -0.184. The van der Waals surface area contributed by atoms with E-state index in [0.29, 0.717) is 0 Å². The SMILES string of the molecule is C[C@](N)(c1ccncc1)C(F)(F)F. The summed E-state index contributed by atoms with van der Waals surface area (Å²) in [5.41, 5.74) is 2.86. The predicted octanol–water partition coefficient (Wildman–Crippen LogP) is 1.82. The van der Waals surface area contributed by atoms with Gasteiger partial charge in [-0.1, -0.05) is 0 Å². The summed E-state index contributed by atoms with van der Waals surface area (Å²) in [7, 11) is 0. The highest BCUT2D eigenvalue weighted by molar-refractivity contribution is 5.21. The normalized spacial score (nSPS) is 16.7. The van der Waals surface area contributed by atoms with E-state index >= 15 is 0 Å². The van der Waals surface area contributed by atoms with E-state index in [1.807, 2.05) is 0 Å². The molecule has 0 saturated heterocycles. The Bertz CT molecular complexity index is 279. The van der Waals surface area contributed by atoms with E-state index in [4.69, 9.17) is 5.73 Å². The Labute approximate surface area is 73.6 Å². The van der Waals surface area contributed by atoms with Gasteiger partial charge in [-0.25, -0.2) is 0 Å². The molecule has 0 unspecified atom stereocenters. The quantitative estimate of drug-likeness (QED) is 0.733. The summed E-state index contributed by atoms with van der Waals surface area (Å²) < 4.78 is 37.1. The Balaban J connectivity index is 3.08. The first-order valence-corrected chi connectivity index (χ1v) is 3.62. The van der Waals surface area contributed by atoms with Gasteiger partial charge in [-0.15, -0.1) is 0 Å². The topological polar surface area (TPSA) is 38.9 Å². The van der Waals surface area contributed by atoms with Gasteiger partial charge in [-0.2, -0.15) is 13.2 Å². The zero-order valence-electron chi connectivity index (χ0n) is 6.97. The highest BCUT2D eigenvalue weighted by Crippen LogP contribution is 2.35. The third kappa shape index (κ3) is 1.80. The van der Waals surface area contributed by atoms with Crippen LogP contribution < -0.4 is 5.73 Å². The predicted molar refractivity (Wildman–Crippen MR) is 41.8 cm³/mol. The molecule has 0 saturated carbocycles. The fourth-order valence-electron chi connectivity index (χ4n) is 0.862. The van der Waals surface area contributed by atoms with Crippen molar-refractivity contribution in [3.63, 3.8) is 0 Å². The van der Waals surface area contributed by atoms with Crippen molar-refractivity contribution in [3.05, 3.63) is 30.1 Å². The van der Waals surface area contributed by atoms with Crippen LogP contribution in [0.3, 0.4) is 0 Å². The molecule has 0 aliphatic heterocycles. The molecule has 72 valence electrons. The van der Waals surface area contributed by atoms with E-state index in [1.54, 1.807) is 0 Å². The van der Waals surface area contributed by atoms with Crippen LogP contribution in [0.2, 0.25) is 0 Å². The Kier molecular flexibility index (Phi) is 2.30. The first-order chi connectivity index (χ1) is 5.86. The Morgan fingerprint density at radius 3 is 2.08 bits per heavy atom. The van der Waals surface area contributed by atoms with Crippen LogP contribution in [0.5, 0.6) is 0 Å². The molecule has 1 rings (SSSR count). The van der Waals surface area contributed by atoms with Crippen LogP contribution >= 0.6 is 0 Å². The number of hydrogen-bond acceptors (Lipinski definition) is 2. The molecule has 13 heavy (non-hydrogen) atoms. The maximum absolute atomic E-state index is 12.4. The van der Waals surface area contributed by atoms with E-state index in [2.05, 4.69) is 4.98 Å². The number of halogens is 3. The Hall–Kier alpha value is -1.10. The van der Waals surface area contributed by atoms with Gasteiger partial charge in [-0.3, -0.25) is 4.98 Å². The van der Waals surface area contributed by atoms with Crippen molar-refractivity contribution in [2.45, 2.75) is 18.6 Å². The lowest BCUT2D eigenvalue weighted by Crippen LogP contribution is -2.47. The van der Waals surface area contributed by atoms with Gasteiger partial charge in [-0.05, 0) is 24.6 Å². The maximum Gasteiger partial charge on any atom is 0.410 e. The van der Waals surface area contributed by atoms with Crippen LogP contribution in [-0.4, -0.2) is 11.2 Å². The Morgan fingerprint density at radius 1 is 1.23 bits per heavy atom. The standard InChI is InChI=1S/C8H9F3N2/c1-7(12,8(9,10)11)6-2-4-13-5-3-6/h2-5H,12H2,1H3/t7-/m0/s1. The van der Waals surface area contributed by atoms with Crippen LogP contribution in [0.15, 0.2) is 24.5 Å². The van der Waals surface area contributed by atoms with Crippen molar-refractivity contribution in [1.29, 1.82) is 0 Å². The number of alkyl halides is 3. The van der Waals surface area contributed by atoms with Crippen molar-refractivity contribution in [3.8, 4) is 0 Å². The molecule has 1 heterocycles. The van der Waals surface area contributed by atoms with E-state index in [-0.39, 0.29) is 5.56 Å². The number of aromatic nitrogens is 1. The average Bonchev–Trinajstić information content (AvgIpc) is 2.04. The molecule has 1 atom stereocenters. The highest BCUT2D eigenvalue weighted by Gasteiger charge is 2.49. The number of nitrogens with two attached hydrogens (primary N) is 1. The van der Waals surface area contributed by atoms with Gasteiger partial charge in [0, 0.05) is 12.4 Å². The smallest absolute Gasteiger partial charge is 0.314 e. The average molecular weight is 190 g/mol. The first kappa shape index (κ1) is 9.98. The van der Waals surface area contributed by atoms with Crippen molar-refractivity contribution in [2.75, 3.05) is 0 Å². The molecule has 0 fully saturated rings. The molecule has 0 aliphatic rings. The minimum absolute atomic E-state index is 0.00926. The molecular formula is C8H9F3N2. The summed E-state index contributed by atoms with van der Waals surface area (Å²) in [5.74, 6) is 0. The van der Waals surface area contributed by atoms with Crippen molar-refractivity contribution in [2.24, 2.45) is 5.73 Å². The van der Waals surface area contributed by atoms with Crippen LogP contribution in [0.4, 0.5) is 13.2 Å². The van der Waals surface area contributed by atoms with Gasteiger partial charge >= 0.3 is 6.18 Å². The number of rotatable bonds is 1. The molecule has 1 aromatic rings. The second-order valence-corrected chi connectivity index (χ2v) is 2.94. The molecule has 1 aromatic heterocycles. The molecule has 2 nitrogen and oxygen atoms in total. The van der Waals surface area contributed by atoms with Gasteiger partial charge in [0.2, 0.25) is 0 Å². The van der Waals surface area contributed by atoms with Crippen molar-refractivity contribution < 1.29 is 13.2 Å². The second-order valence-electron chi connectivity index (χ2n) is 2.94. The molecule has 2 N–H and O–H groups in total. The molecule has 0 spiro atoms. The van der Waals surface area contributed by atoms with Gasteiger partial charge in [0.25, 0.3) is 0 Å². The zero-order valence-corrected chi connectivity index (χ0v) is 6.97. The minimum Gasteiger partial charge on any atom is -0.314 e. The van der Waals surface area contributed by atoms with E-state index in [1.165, 1.54) is 24.5 Å². The highest BCUT2D eigenvalue weighted by atomic mass is 19.4. The van der Waals surface area contributed by atoms with E-state index < -0.39 is 11.7 Å². The summed E-state index contributed by atoms with van der Waals surface area (Å²) in [4.78, 5) is 3.62. The van der Waals surface area contributed by atoms with Gasteiger partial charge in [0.1, 0.15) is 5.54 Å².